The minimum atomic E-state index is -3.76. The lowest BCUT2D eigenvalue weighted by Crippen LogP contribution is -2.39. The average molecular weight is 611 g/mol. The third-order valence-electron chi connectivity index (χ3n) is 6.38. The maximum Gasteiger partial charge on any atom is 0.274 e. The average Bonchev–Trinajstić information content (AvgIpc) is 3.01. The first-order valence-corrected chi connectivity index (χ1v) is 15.6. The Morgan fingerprint density at radius 2 is 1.17 bits per heavy atom. The van der Waals surface area contributed by atoms with Gasteiger partial charge in [-0.05, 0) is 61.4 Å². The lowest BCUT2D eigenvalue weighted by molar-refractivity contribution is -0.134. The Balaban J connectivity index is 0.000000231. The number of benzene rings is 4. The Morgan fingerprint density at radius 3 is 1.74 bits per heavy atom. The number of hydrogen-bond donors (Lipinski definition) is 4. The molecule has 0 saturated carbocycles. The summed E-state index contributed by atoms with van der Waals surface area (Å²) in [6.45, 7) is 3.11. The second-order valence-electron chi connectivity index (χ2n) is 9.55. The summed E-state index contributed by atoms with van der Waals surface area (Å²) in [5.74, 6) is -1.72. The molecule has 10 nitrogen and oxygen atoms in total. The van der Waals surface area contributed by atoms with Crippen molar-refractivity contribution in [3.63, 3.8) is 0 Å². The molecule has 0 unspecified atom stereocenters. The van der Waals surface area contributed by atoms with E-state index in [0.717, 1.165) is 0 Å². The monoisotopic (exact) mass is 610 g/mol. The van der Waals surface area contributed by atoms with E-state index in [0.29, 0.717) is 11.1 Å². The van der Waals surface area contributed by atoms with Crippen LogP contribution >= 0.6 is 0 Å². The van der Waals surface area contributed by atoms with Crippen molar-refractivity contribution in [2.45, 2.75) is 39.7 Å². The molecule has 0 radical (unpaired) electrons. The van der Waals surface area contributed by atoms with Crippen LogP contribution in [0.15, 0.2) is 124 Å². The second-order valence-corrected chi connectivity index (χ2v) is 13.5. The van der Waals surface area contributed by atoms with Crippen molar-refractivity contribution < 1.29 is 36.8 Å². The lowest BCUT2D eigenvalue weighted by Gasteiger charge is -2.25. The Kier molecular flexibility index (Phi) is 10.4. The predicted octanol–water partition coefficient (Wildman–Crippen LogP) is 4.08. The first-order chi connectivity index (χ1) is 19.9. The summed E-state index contributed by atoms with van der Waals surface area (Å²) in [5, 5.41) is 17.6. The van der Waals surface area contributed by atoms with Gasteiger partial charge in [0.2, 0.25) is 9.84 Å². The molecule has 0 saturated heterocycles. The molecule has 4 N–H and O–H groups in total. The zero-order valence-corrected chi connectivity index (χ0v) is 24.4. The van der Waals surface area contributed by atoms with Gasteiger partial charge in [0.15, 0.2) is 9.84 Å². The molecule has 0 bridgehead atoms. The van der Waals surface area contributed by atoms with Crippen LogP contribution < -0.4 is 11.0 Å². The Hall–Kier alpha value is -4.36. The number of hydrogen-bond acceptors (Lipinski definition) is 8. The lowest BCUT2D eigenvalue weighted by atomic mass is 9.84. The quantitative estimate of drug-likeness (QED) is 0.171. The number of carbonyl (C=O) groups is 2. The molecule has 0 aliphatic carbocycles. The van der Waals surface area contributed by atoms with E-state index in [-0.39, 0.29) is 26.0 Å². The zero-order valence-electron chi connectivity index (χ0n) is 22.8. The molecular formula is C30H30N2O8S2. The fraction of sp³-hybridized carbons (Fsp3) is 0.133. The highest BCUT2D eigenvalue weighted by Crippen LogP contribution is 2.32. The van der Waals surface area contributed by atoms with Crippen LogP contribution in [0.25, 0.3) is 0 Å². The van der Waals surface area contributed by atoms with Crippen LogP contribution in [0.3, 0.4) is 0 Å². The summed E-state index contributed by atoms with van der Waals surface area (Å²) in [6, 6.07) is 28.6. The first kappa shape index (κ1) is 32.2. The van der Waals surface area contributed by atoms with E-state index in [1.807, 2.05) is 0 Å². The number of rotatable bonds is 8. The SMILES string of the molecule is CC(C)(C(=O)NO)c1ccccc1S(=O)(=O)c1ccccc1.O=C(NO)c1ccccc1CS(=O)(=O)c1ccccc1. The molecule has 4 rings (SSSR count). The molecule has 4 aromatic carbocycles. The highest BCUT2D eigenvalue weighted by atomic mass is 32.2. The molecule has 4 aromatic rings. The fourth-order valence-electron chi connectivity index (χ4n) is 4.05. The fourth-order valence-corrected chi connectivity index (χ4v) is 7.09. The number of sulfone groups is 2. The molecule has 0 aromatic heterocycles. The molecule has 0 aliphatic rings. The van der Waals surface area contributed by atoms with E-state index in [9.17, 15) is 26.4 Å². The van der Waals surface area contributed by atoms with Gasteiger partial charge >= 0.3 is 0 Å². The van der Waals surface area contributed by atoms with Crippen LogP contribution in [0.2, 0.25) is 0 Å². The third kappa shape index (κ3) is 7.28. The van der Waals surface area contributed by atoms with Crippen molar-refractivity contribution >= 4 is 31.5 Å². The van der Waals surface area contributed by atoms with Gasteiger partial charge in [-0.15, -0.1) is 0 Å². The van der Waals surface area contributed by atoms with Crippen LogP contribution in [-0.4, -0.2) is 39.1 Å². The summed E-state index contributed by atoms with van der Waals surface area (Å²) in [4.78, 5) is 23.8. The van der Waals surface area contributed by atoms with Crippen molar-refractivity contribution in [3.8, 4) is 0 Å². The van der Waals surface area contributed by atoms with Gasteiger partial charge in [-0.2, -0.15) is 0 Å². The molecule has 0 aliphatic heterocycles. The summed E-state index contributed by atoms with van der Waals surface area (Å²) >= 11 is 0. The van der Waals surface area contributed by atoms with Crippen molar-refractivity contribution in [1.82, 2.24) is 11.0 Å². The van der Waals surface area contributed by atoms with E-state index in [4.69, 9.17) is 10.4 Å². The van der Waals surface area contributed by atoms with Gasteiger partial charge in [-0.25, -0.2) is 27.8 Å². The van der Waals surface area contributed by atoms with Gasteiger partial charge < -0.3 is 0 Å². The highest BCUT2D eigenvalue weighted by Gasteiger charge is 2.35. The van der Waals surface area contributed by atoms with E-state index >= 15 is 0 Å². The minimum absolute atomic E-state index is 0.0507. The van der Waals surface area contributed by atoms with E-state index in [1.165, 1.54) is 41.9 Å². The molecule has 0 heterocycles. The summed E-state index contributed by atoms with van der Waals surface area (Å²) in [7, 11) is -7.30. The maximum atomic E-state index is 12.8. The third-order valence-corrected chi connectivity index (χ3v) is 9.89. The standard InChI is InChI=1S/C16H17NO4S.C14H13NO4S/c1-16(2,15(18)17-19)13-10-6-7-11-14(13)22(20,21)12-8-4-3-5-9-12;16-14(15-17)13-9-5-4-6-11(13)10-20(18,19)12-7-2-1-3-8-12/h3-11,19H,1-2H3,(H,17,18);1-9,17H,10H2,(H,15,16). The van der Waals surface area contributed by atoms with Gasteiger partial charge in [-0.3, -0.25) is 20.0 Å². The normalized spacial score (nSPS) is 11.5. The molecule has 0 spiro atoms. The van der Waals surface area contributed by atoms with Gasteiger partial charge in [0.05, 0.1) is 25.9 Å². The molecule has 0 atom stereocenters. The molecule has 220 valence electrons. The number of hydroxylamine groups is 2. The summed E-state index contributed by atoms with van der Waals surface area (Å²) in [5.41, 5.74) is 2.69. The van der Waals surface area contributed by atoms with Crippen LogP contribution in [0, 0.1) is 0 Å². The van der Waals surface area contributed by atoms with Gasteiger partial charge in [0.1, 0.15) is 0 Å². The predicted molar refractivity (Wildman–Crippen MR) is 154 cm³/mol. The molecule has 12 heteroatoms. The van der Waals surface area contributed by atoms with Crippen LogP contribution in [-0.2, 0) is 35.6 Å². The van der Waals surface area contributed by atoms with Crippen LogP contribution in [0.1, 0.15) is 35.3 Å². The van der Waals surface area contributed by atoms with Crippen LogP contribution in [0.5, 0.6) is 0 Å². The second kappa shape index (κ2) is 13.5. The van der Waals surface area contributed by atoms with E-state index in [1.54, 1.807) is 92.1 Å². The topological polar surface area (TPSA) is 167 Å². The van der Waals surface area contributed by atoms with Gasteiger partial charge in [0, 0.05) is 5.56 Å². The molecular weight excluding hydrogens is 580 g/mol. The number of nitrogens with one attached hydrogen (secondary N) is 2. The molecule has 2 amide bonds. The highest BCUT2D eigenvalue weighted by molar-refractivity contribution is 7.91. The largest absolute Gasteiger partial charge is 0.289 e. The minimum Gasteiger partial charge on any atom is -0.289 e. The zero-order chi connectivity index (χ0) is 31.0. The summed E-state index contributed by atoms with van der Waals surface area (Å²) in [6.07, 6.45) is 0. The summed E-state index contributed by atoms with van der Waals surface area (Å²) < 4.78 is 50.2. The van der Waals surface area contributed by atoms with E-state index in [2.05, 4.69) is 0 Å². The number of amides is 2. The van der Waals surface area contributed by atoms with Crippen molar-refractivity contribution in [2.24, 2.45) is 0 Å². The van der Waals surface area contributed by atoms with Gasteiger partial charge in [-0.1, -0.05) is 72.8 Å². The van der Waals surface area contributed by atoms with Crippen LogP contribution in [0.4, 0.5) is 0 Å². The van der Waals surface area contributed by atoms with Crippen molar-refractivity contribution in [2.75, 3.05) is 0 Å². The number of carbonyl (C=O) groups excluding carboxylic acids is 2. The Bertz CT molecular complexity index is 1760. The molecule has 42 heavy (non-hydrogen) atoms. The van der Waals surface area contributed by atoms with E-state index < -0.39 is 36.9 Å². The Morgan fingerprint density at radius 1 is 0.667 bits per heavy atom. The van der Waals surface area contributed by atoms with Gasteiger partial charge in [0.25, 0.3) is 11.8 Å². The maximum absolute atomic E-state index is 12.8. The van der Waals surface area contributed by atoms with Crippen molar-refractivity contribution in [3.05, 3.63) is 126 Å². The first-order valence-electron chi connectivity index (χ1n) is 12.5. The van der Waals surface area contributed by atoms with Crippen molar-refractivity contribution in [1.29, 1.82) is 0 Å². The Labute approximate surface area is 244 Å². The molecule has 0 fully saturated rings. The smallest absolute Gasteiger partial charge is 0.274 e.